The predicted octanol–water partition coefficient (Wildman–Crippen LogP) is 3.61. The highest BCUT2D eigenvalue weighted by Crippen LogP contribution is 2.29. The summed E-state index contributed by atoms with van der Waals surface area (Å²) in [6, 6.07) is 4.63. The highest BCUT2D eigenvalue weighted by atomic mass is 19.4. The molecule has 0 unspecified atom stereocenters. The Morgan fingerprint density at radius 1 is 1.25 bits per heavy atom. The van der Waals surface area contributed by atoms with Crippen molar-refractivity contribution in [1.82, 2.24) is 10.3 Å². The van der Waals surface area contributed by atoms with Gasteiger partial charge in [-0.1, -0.05) is 17.9 Å². The molecule has 2 N–H and O–H groups in total. The molecule has 0 atom stereocenters. The predicted molar refractivity (Wildman–Crippen MR) is 96.9 cm³/mol. The normalized spacial score (nSPS) is 10.8. The number of ether oxygens (including phenoxy) is 1. The smallest absolute Gasteiger partial charge is 0.416 e. The summed E-state index contributed by atoms with van der Waals surface area (Å²) in [6.07, 6.45) is -4.44. The summed E-state index contributed by atoms with van der Waals surface area (Å²) in [5.41, 5.74) is 0.895. The molecule has 0 fully saturated rings. The van der Waals surface area contributed by atoms with Crippen molar-refractivity contribution in [2.75, 3.05) is 13.2 Å². The molecule has 0 spiro atoms. The third kappa shape index (κ3) is 4.94. The number of halogens is 3. The van der Waals surface area contributed by atoms with E-state index in [0.717, 1.165) is 12.1 Å². The average molecular weight is 392 g/mol. The number of alkyl halides is 3. The van der Waals surface area contributed by atoms with Crippen LogP contribution in [0.2, 0.25) is 0 Å². The summed E-state index contributed by atoms with van der Waals surface area (Å²) < 4.78 is 43.0. The van der Waals surface area contributed by atoms with Crippen LogP contribution in [0.5, 0.6) is 0 Å². The minimum Gasteiger partial charge on any atom is -0.462 e. The molecule has 0 aliphatic carbocycles. The van der Waals surface area contributed by atoms with Gasteiger partial charge in [0.15, 0.2) is 0 Å². The second kappa shape index (κ2) is 8.65. The van der Waals surface area contributed by atoms with Gasteiger partial charge in [0, 0.05) is 11.3 Å². The zero-order valence-corrected chi connectivity index (χ0v) is 15.6. The maximum Gasteiger partial charge on any atom is 0.416 e. The van der Waals surface area contributed by atoms with E-state index in [1.54, 1.807) is 20.8 Å². The molecule has 148 valence electrons. The fraction of sp³-hybridized carbons (Fsp3) is 0.300. The van der Waals surface area contributed by atoms with Crippen molar-refractivity contribution in [2.45, 2.75) is 26.9 Å². The quantitative estimate of drug-likeness (QED) is 0.617. The lowest BCUT2D eigenvalue weighted by molar-refractivity contribution is -0.137. The molecule has 0 aliphatic rings. The molecular formula is C20H19F3N2O3. The molecule has 1 aromatic carbocycles. The number of carbonyl (C=O) groups excluding carboxylic acids is 2. The van der Waals surface area contributed by atoms with Gasteiger partial charge in [0.1, 0.15) is 5.69 Å². The molecule has 28 heavy (non-hydrogen) atoms. The Kier molecular flexibility index (Phi) is 6.52. The molecule has 0 radical (unpaired) electrons. The van der Waals surface area contributed by atoms with Gasteiger partial charge in [0.2, 0.25) is 0 Å². The number of esters is 1. The molecule has 8 heteroatoms. The first-order chi connectivity index (χ1) is 13.1. The SMILES string of the molecule is CCOC(=O)c1c(C)[nH]c(C(=O)NCC#Cc2cccc(C(F)(F)F)c2)c1C. The first-order valence-corrected chi connectivity index (χ1v) is 8.45. The van der Waals surface area contributed by atoms with Crippen LogP contribution in [0.15, 0.2) is 24.3 Å². The second-order valence-corrected chi connectivity index (χ2v) is 5.91. The van der Waals surface area contributed by atoms with Crippen LogP contribution in [0, 0.1) is 25.7 Å². The Labute approximate surface area is 160 Å². The monoisotopic (exact) mass is 392 g/mol. The lowest BCUT2D eigenvalue weighted by Gasteiger charge is -2.05. The summed E-state index contributed by atoms with van der Waals surface area (Å²) in [4.78, 5) is 27.1. The zero-order chi connectivity index (χ0) is 20.9. The van der Waals surface area contributed by atoms with Crippen LogP contribution in [0.3, 0.4) is 0 Å². The van der Waals surface area contributed by atoms with Crippen molar-refractivity contribution in [2.24, 2.45) is 0 Å². The van der Waals surface area contributed by atoms with Crippen LogP contribution in [-0.4, -0.2) is 30.0 Å². The van der Waals surface area contributed by atoms with Crippen LogP contribution < -0.4 is 5.32 Å². The van der Waals surface area contributed by atoms with E-state index < -0.39 is 23.6 Å². The van der Waals surface area contributed by atoms with E-state index in [2.05, 4.69) is 22.1 Å². The minimum absolute atomic E-state index is 0.0681. The van der Waals surface area contributed by atoms with Gasteiger partial charge in [-0.2, -0.15) is 13.2 Å². The van der Waals surface area contributed by atoms with Gasteiger partial charge < -0.3 is 15.0 Å². The average Bonchev–Trinajstić information content (AvgIpc) is 2.93. The Bertz CT molecular complexity index is 950. The summed E-state index contributed by atoms with van der Waals surface area (Å²) in [6.45, 7) is 5.12. The third-order valence-electron chi connectivity index (χ3n) is 3.90. The van der Waals surface area contributed by atoms with Gasteiger partial charge >= 0.3 is 12.1 Å². The standard InChI is InChI=1S/C20H19F3N2O3/c1-4-28-19(27)16-12(2)17(25-13(16)3)18(26)24-10-6-8-14-7-5-9-15(11-14)20(21,22)23/h5,7,9,11,25H,4,10H2,1-3H3,(H,24,26). The van der Waals surface area contributed by atoms with Crippen LogP contribution in [0.25, 0.3) is 0 Å². The lowest BCUT2D eigenvalue weighted by Crippen LogP contribution is -2.24. The molecular weight excluding hydrogens is 373 g/mol. The molecule has 0 bridgehead atoms. The van der Waals surface area contributed by atoms with E-state index in [0.29, 0.717) is 16.8 Å². The van der Waals surface area contributed by atoms with Gasteiger partial charge in [0.05, 0.1) is 24.3 Å². The van der Waals surface area contributed by atoms with E-state index in [1.807, 2.05) is 0 Å². The van der Waals surface area contributed by atoms with Crippen molar-refractivity contribution in [3.63, 3.8) is 0 Å². The number of aromatic nitrogens is 1. The van der Waals surface area contributed by atoms with Crippen LogP contribution in [0.4, 0.5) is 13.2 Å². The zero-order valence-electron chi connectivity index (χ0n) is 15.6. The van der Waals surface area contributed by atoms with Gasteiger partial charge in [0.25, 0.3) is 5.91 Å². The van der Waals surface area contributed by atoms with E-state index in [9.17, 15) is 22.8 Å². The number of amides is 1. The van der Waals surface area contributed by atoms with E-state index in [4.69, 9.17) is 4.74 Å². The summed E-state index contributed by atoms with van der Waals surface area (Å²) in [5, 5.41) is 2.55. The minimum atomic E-state index is -4.44. The summed E-state index contributed by atoms with van der Waals surface area (Å²) in [7, 11) is 0. The molecule has 0 saturated heterocycles. The Hall–Kier alpha value is -3.21. The van der Waals surface area contributed by atoms with Crippen molar-refractivity contribution in [1.29, 1.82) is 0 Å². The van der Waals surface area contributed by atoms with E-state index >= 15 is 0 Å². The molecule has 2 rings (SSSR count). The van der Waals surface area contributed by atoms with Gasteiger partial charge in [-0.05, 0) is 44.5 Å². The van der Waals surface area contributed by atoms with Crippen LogP contribution in [0.1, 0.15) is 50.2 Å². The highest BCUT2D eigenvalue weighted by molar-refractivity contribution is 6.00. The van der Waals surface area contributed by atoms with Crippen molar-refractivity contribution >= 4 is 11.9 Å². The maximum atomic E-state index is 12.7. The molecule has 1 aromatic heterocycles. The molecule has 1 amide bonds. The van der Waals surface area contributed by atoms with Crippen molar-refractivity contribution in [3.8, 4) is 11.8 Å². The lowest BCUT2D eigenvalue weighted by atomic mass is 10.1. The molecule has 2 aromatic rings. The molecule has 0 saturated carbocycles. The van der Waals surface area contributed by atoms with Crippen molar-refractivity contribution in [3.05, 3.63) is 57.9 Å². The van der Waals surface area contributed by atoms with Gasteiger partial charge in [-0.25, -0.2) is 4.79 Å². The van der Waals surface area contributed by atoms with Crippen LogP contribution in [-0.2, 0) is 10.9 Å². The number of aryl methyl sites for hydroxylation is 1. The largest absolute Gasteiger partial charge is 0.462 e. The number of carbonyl (C=O) groups is 2. The summed E-state index contributed by atoms with van der Waals surface area (Å²) >= 11 is 0. The number of benzene rings is 1. The number of aromatic amines is 1. The topological polar surface area (TPSA) is 71.2 Å². The molecule has 5 nitrogen and oxygen atoms in total. The molecule has 1 heterocycles. The van der Waals surface area contributed by atoms with Crippen molar-refractivity contribution < 1.29 is 27.5 Å². The molecule has 0 aliphatic heterocycles. The number of nitrogens with one attached hydrogen (secondary N) is 2. The summed E-state index contributed by atoms with van der Waals surface area (Å²) in [5.74, 6) is 4.20. The maximum absolute atomic E-state index is 12.7. The number of hydrogen-bond donors (Lipinski definition) is 2. The fourth-order valence-electron chi connectivity index (χ4n) is 2.62. The Morgan fingerprint density at radius 3 is 2.61 bits per heavy atom. The van der Waals surface area contributed by atoms with Gasteiger partial charge in [-0.15, -0.1) is 0 Å². The van der Waals surface area contributed by atoms with Crippen LogP contribution >= 0.6 is 0 Å². The van der Waals surface area contributed by atoms with E-state index in [1.165, 1.54) is 12.1 Å². The fourth-order valence-corrected chi connectivity index (χ4v) is 2.62. The highest BCUT2D eigenvalue weighted by Gasteiger charge is 2.30. The first kappa shape index (κ1) is 21.1. The third-order valence-corrected chi connectivity index (χ3v) is 3.90. The number of H-pyrrole nitrogens is 1. The van der Waals surface area contributed by atoms with Gasteiger partial charge in [-0.3, -0.25) is 4.79 Å². The number of hydrogen-bond acceptors (Lipinski definition) is 3. The van der Waals surface area contributed by atoms with E-state index in [-0.39, 0.29) is 24.4 Å². The Balaban J connectivity index is 2.06. The second-order valence-electron chi connectivity index (χ2n) is 5.91. The Morgan fingerprint density at radius 2 is 1.96 bits per heavy atom. The first-order valence-electron chi connectivity index (χ1n) is 8.45. The number of rotatable bonds is 4.